The molecule has 0 bridgehead atoms. The lowest BCUT2D eigenvalue weighted by molar-refractivity contribution is -0.119. The van der Waals surface area contributed by atoms with Crippen LogP contribution in [0.2, 0.25) is 10.0 Å². The lowest BCUT2D eigenvalue weighted by Crippen LogP contribution is -2.43. The van der Waals surface area contributed by atoms with Gasteiger partial charge in [0.15, 0.2) is 5.13 Å². The number of para-hydroxylation sites is 1. The summed E-state index contributed by atoms with van der Waals surface area (Å²) >= 11 is 13.4. The smallest absolute Gasteiger partial charge is 0.254 e. The molecule has 0 saturated carbocycles. The van der Waals surface area contributed by atoms with E-state index in [9.17, 15) is 9.59 Å². The van der Waals surface area contributed by atoms with Gasteiger partial charge in [-0.25, -0.2) is 4.98 Å². The molecule has 1 saturated heterocycles. The van der Waals surface area contributed by atoms with Crippen LogP contribution in [0, 0.1) is 0 Å². The molecule has 6 nitrogen and oxygen atoms in total. The molecule has 0 radical (unpaired) electrons. The SMILES string of the molecule is COc1ccccc1-c1csc(NC(=O)C2CCCN2C(=O)c2cc(Cl)cc(Cl)c2)n1. The van der Waals surface area contributed by atoms with Gasteiger partial charge in [0.1, 0.15) is 11.8 Å². The van der Waals surface area contributed by atoms with Gasteiger partial charge in [-0.2, -0.15) is 0 Å². The van der Waals surface area contributed by atoms with Crippen molar-refractivity contribution in [1.29, 1.82) is 0 Å². The summed E-state index contributed by atoms with van der Waals surface area (Å²) in [5.41, 5.74) is 1.92. The van der Waals surface area contributed by atoms with Crippen LogP contribution < -0.4 is 10.1 Å². The summed E-state index contributed by atoms with van der Waals surface area (Å²) in [4.78, 5) is 32.0. The van der Waals surface area contributed by atoms with E-state index >= 15 is 0 Å². The highest BCUT2D eigenvalue weighted by Gasteiger charge is 2.35. The van der Waals surface area contributed by atoms with Gasteiger partial charge in [0, 0.05) is 33.1 Å². The number of ether oxygens (including phenoxy) is 1. The minimum Gasteiger partial charge on any atom is -0.496 e. The van der Waals surface area contributed by atoms with Gasteiger partial charge in [0.25, 0.3) is 5.91 Å². The number of thiazole rings is 1. The van der Waals surface area contributed by atoms with Crippen molar-refractivity contribution < 1.29 is 14.3 Å². The van der Waals surface area contributed by atoms with Gasteiger partial charge in [0.2, 0.25) is 5.91 Å². The van der Waals surface area contributed by atoms with E-state index in [-0.39, 0.29) is 11.8 Å². The zero-order chi connectivity index (χ0) is 22.0. The average Bonchev–Trinajstić information content (AvgIpc) is 3.42. The molecule has 1 N–H and O–H groups in total. The van der Waals surface area contributed by atoms with Gasteiger partial charge in [-0.1, -0.05) is 35.3 Å². The highest BCUT2D eigenvalue weighted by molar-refractivity contribution is 7.14. The highest BCUT2D eigenvalue weighted by atomic mass is 35.5. The van der Waals surface area contributed by atoms with Gasteiger partial charge < -0.3 is 15.0 Å². The Morgan fingerprint density at radius 1 is 1.19 bits per heavy atom. The lowest BCUT2D eigenvalue weighted by atomic mass is 10.1. The fraction of sp³-hybridized carbons (Fsp3) is 0.227. The summed E-state index contributed by atoms with van der Waals surface area (Å²) in [5.74, 6) is 0.175. The van der Waals surface area contributed by atoms with Crippen LogP contribution >= 0.6 is 34.5 Å². The van der Waals surface area contributed by atoms with Crippen molar-refractivity contribution in [3.63, 3.8) is 0 Å². The highest BCUT2D eigenvalue weighted by Crippen LogP contribution is 2.32. The second kappa shape index (κ2) is 9.26. The molecule has 160 valence electrons. The van der Waals surface area contributed by atoms with Crippen LogP contribution in [-0.4, -0.2) is 41.4 Å². The van der Waals surface area contributed by atoms with Crippen molar-refractivity contribution in [2.75, 3.05) is 19.0 Å². The molecule has 1 aliphatic rings. The van der Waals surface area contributed by atoms with Crippen LogP contribution in [0.3, 0.4) is 0 Å². The summed E-state index contributed by atoms with van der Waals surface area (Å²) in [5, 5.41) is 5.94. The molecule has 1 atom stereocenters. The van der Waals surface area contributed by atoms with Gasteiger partial charge in [-0.3, -0.25) is 9.59 Å². The van der Waals surface area contributed by atoms with E-state index in [1.54, 1.807) is 30.2 Å². The quantitative estimate of drug-likeness (QED) is 0.538. The molecule has 4 rings (SSSR count). The molecule has 0 aliphatic carbocycles. The van der Waals surface area contributed by atoms with Crippen LogP contribution in [0.4, 0.5) is 5.13 Å². The number of anilines is 1. The third-order valence-electron chi connectivity index (χ3n) is 5.04. The summed E-state index contributed by atoms with van der Waals surface area (Å²) < 4.78 is 5.38. The second-order valence-electron chi connectivity index (χ2n) is 7.04. The summed E-state index contributed by atoms with van der Waals surface area (Å²) in [6.45, 7) is 0.491. The number of halogens is 2. The topological polar surface area (TPSA) is 71.5 Å². The van der Waals surface area contributed by atoms with Gasteiger partial charge in [-0.05, 0) is 43.2 Å². The number of hydrogen-bond donors (Lipinski definition) is 1. The van der Waals surface area contributed by atoms with E-state index in [2.05, 4.69) is 10.3 Å². The van der Waals surface area contributed by atoms with Gasteiger partial charge >= 0.3 is 0 Å². The van der Waals surface area contributed by atoms with E-state index in [0.29, 0.717) is 45.1 Å². The number of methoxy groups -OCH3 is 1. The minimum absolute atomic E-state index is 0.264. The molecule has 1 fully saturated rings. The van der Waals surface area contributed by atoms with Crippen molar-refractivity contribution in [3.8, 4) is 17.0 Å². The number of carbonyl (C=O) groups is 2. The van der Waals surface area contributed by atoms with Crippen LogP contribution in [0.5, 0.6) is 5.75 Å². The Bertz CT molecular complexity index is 1110. The molecule has 1 unspecified atom stereocenters. The van der Waals surface area contributed by atoms with Crippen LogP contribution in [0.25, 0.3) is 11.3 Å². The molecule has 9 heteroatoms. The molecule has 2 amide bonds. The molecule has 3 aromatic rings. The predicted octanol–water partition coefficient (Wildman–Crippen LogP) is 5.37. The molecule has 1 aliphatic heterocycles. The van der Waals surface area contributed by atoms with E-state index in [1.165, 1.54) is 11.3 Å². The van der Waals surface area contributed by atoms with Crippen LogP contribution in [0.15, 0.2) is 47.8 Å². The first kappa shape index (κ1) is 21.6. The third-order valence-corrected chi connectivity index (χ3v) is 6.24. The van der Waals surface area contributed by atoms with Crippen molar-refractivity contribution in [2.24, 2.45) is 0 Å². The summed E-state index contributed by atoms with van der Waals surface area (Å²) in [6, 6.07) is 11.7. The molecule has 2 heterocycles. The van der Waals surface area contributed by atoms with Gasteiger partial charge in [0.05, 0.1) is 12.8 Å². The average molecular weight is 476 g/mol. The number of hydrogen-bond acceptors (Lipinski definition) is 5. The van der Waals surface area contributed by atoms with E-state index < -0.39 is 6.04 Å². The predicted molar refractivity (Wildman–Crippen MR) is 123 cm³/mol. The Morgan fingerprint density at radius 3 is 2.68 bits per heavy atom. The normalized spacial score (nSPS) is 15.7. The first-order valence-corrected chi connectivity index (χ1v) is 11.3. The molecular weight excluding hydrogens is 457 g/mol. The van der Waals surface area contributed by atoms with Crippen molar-refractivity contribution in [2.45, 2.75) is 18.9 Å². The number of carbonyl (C=O) groups excluding carboxylic acids is 2. The zero-order valence-electron chi connectivity index (χ0n) is 16.6. The maximum absolute atomic E-state index is 13.0. The molecule has 0 spiro atoms. The molecular formula is C22H19Cl2N3O3S. The van der Waals surface area contributed by atoms with Gasteiger partial charge in [-0.15, -0.1) is 11.3 Å². The largest absolute Gasteiger partial charge is 0.496 e. The monoisotopic (exact) mass is 475 g/mol. The number of aromatic nitrogens is 1. The minimum atomic E-state index is -0.580. The second-order valence-corrected chi connectivity index (χ2v) is 8.77. The first-order valence-electron chi connectivity index (χ1n) is 9.63. The van der Waals surface area contributed by atoms with Crippen molar-refractivity contribution in [1.82, 2.24) is 9.88 Å². The number of rotatable bonds is 5. The van der Waals surface area contributed by atoms with Crippen molar-refractivity contribution >= 4 is 51.5 Å². The number of likely N-dealkylation sites (tertiary alicyclic amines) is 1. The number of nitrogens with zero attached hydrogens (tertiary/aromatic N) is 2. The van der Waals surface area contributed by atoms with Crippen molar-refractivity contribution in [3.05, 3.63) is 63.5 Å². The Morgan fingerprint density at radius 2 is 1.94 bits per heavy atom. The fourth-order valence-corrected chi connectivity index (χ4v) is 4.86. The standard InChI is InChI=1S/C22H19Cl2N3O3S/c1-30-19-7-3-2-5-16(19)17-12-31-22(25-17)26-20(28)18-6-4-8-27(18)21(29)13-9-14(23)11-15(24)10-13/h2-3,5,7,9-12,18H,4,6,8H2,1H3,(H,25,26,28). The van der Waals surface area contributed by atoms with E-state index in [1.807, 2.05) is 29.6 Å². The summed E-state index contributed by atoms with van der Waals surface area (Å²) in [6.07, 6.45) is 1.32. The summed E-state index contributed by atoms with van der Waals surface area (Å²) in [7, 11) is 1.60. The third kappa shape index (κ3) is 4.69. The number of amides is 2. The molecule has 1 aromatic heterocycles. The first-order chi connectivity index (χ1) is 15.0. The fourth-order valence-electron chi connectivity index (χ4n) is 3.63. The Labute approximate surface area is 193 Å². The van der Waals surface area contributed by atoms with Crippen LogP contribution in [0.1, 0.15) is 23.2 Å². The lowest BCUT2D eigenvalue weighted by Gasteiger charge is -2.23. The Hall–Kier alpha value is -2.61. The Balaban J connectivity index is 1.49. The Kier molecular flexibility index (Phi) is 6.46. The van der Waals surface area contributed by atoms with Crippen LogP contribution in [-0.2, 0) is 4.79 Å². The maximum atomic E-state index is 13.0. The number of nitrogens with one attached hydrogen (secondary N) is 1. The molecule has 2 aromatic carbocycles. The number of benzene rings is 2. The molecule has 31 heavy (non-hydrogen) atoms. The maximum Gasteiger partial charge on any atom is 0.254 e. The zero-order valence-corrected chi connectivity index (χ0v) is 18.9. The van der Waals surface area contributed by atoms with E-state index in [4.69, 9.17) is 27.9 Å². The van der Waals surface area contributed by atoms with E-state index in [0.717, 1.165) is 12.0 Å².